The van der Waals surface area contributed by atoms with E-state index in [2.05, 4.69) is 79.9 Å². The fourth-order valence-corrected chi connectivity index (χ4v) is 3.99. The first-order valence-electron chi connectivity index (χ1n) is 8.48. The molecule has 0 aromatic heterocycles. The van der Waals surface area contributed by atoms with Crippen LogP contribution >= 0.6 is 23.5 Å². The first-order chi connectivity index (χ1) is 12.7. The molecule has 0 unspecified atom stereocenters. The van der Waals surface area contributed by atoms with E-state index >= 15 is 0 Å². The zero-order chi connectivity index (χ0) is 18.2. The lowest BCUT2D eigenvalue weighted by molar-refractivity contribution is 1.39. The van der Waals surface area contributed by atoms with Crippen LogP contribution in [0.25, 0.3) is 0 Å². The van der Waals surface area contributed by atoms with Crippen LogP contribution in [0.15, 0.2) is 111 Å². The third-order valence-electron chi connectivity index (χ3n) is 3.75. The number of rotatable bonds is 5. The van der Waals surface area contributed by atoms with Crippen LogP contribution in [-0.2, 0) is 0 Å². The summed E-state index contributed by atoms with van der Waals surface area (Å²) in [4.78, 5) is 7.38. The van der Waals surface area contributed by atoms with Gasteiger partial charge in [0.15, 0.2) is 0 Å². The highest BCUT2D eigenvalue weighted by Gasteiger charge is 2.07. The Morgan fingerprint density at radius 3 is 2.00 bits per heavy atom. The maximum atomic E-state index is 4.96. The summed E-state index contributed by atoms with van der Waals surface area (Å²) in [7, 11) is 0. The van der Waals surface area contributed by atoms with Gasteiger partial charge in [-0.25, -0.2) is 4.99 Å². The minimum Gasteiger partial charge on any atom is -0.241 e. The van der Waals surface area contributed by atoms with E-state index in [-0.39, 0.29) is 0 Å². The summed E-state index contributed by atoms with van der Waals surface area (Å²) in [5, 5.41) is 3.21. The predicted octanol–water partition coefficient (Wildman–Crippen LogP) is 7.51. The van der Waals surface area contributed by atoms with E-state index in [1.165, 1.54) is 15.4 Å². The van der Waals surface area contributed by atoms with Crippen LogP contribution in [0.3, 0.4) is 0 Å². The Kier molecular flexibility index (Phi) is 6.75. The molecular formula is C23H21NS2. The second-order valence-corrected chi connectivity index (χ2v) is 7.86. The van der Waals surface area contributed by atoms with Crippen molar-refractivity contribution in [3.05, 3.63) is 101 Å². The molecule has 0 bridgehead atoms. The van der Waals surface area contributed by atoms with Gasteiger partial charge in [0.1, 0.15) is 5.04 Å². The van der Waals surface area contributed by atoms with Crippen molar-refractivity contribution < 1.29 is 0 Å². The average Bonchev–Trinajstić information content (AvgIpc) is 2.69. The summed E-state index contributed by atoms with van der Waals surface area (Å²) in [6.07, 6.45) is 0. The molecule has 0 atom stereocenters. The molecule has 3 heteroatoms. The summed E-state index contributed by atoms with van der Waals surface area (Å²) in [5.74, 6) is 0. The van der Waals surface area contributed by atoms with E-state index in [9.17, 15) is 0 Å². The standard InChI is InChI=1S/C23H21NS2/c1-18-11-9-10-16-22(18)24-23(26-21-14-7-4-8-15-21)19(2)17-25-20-12-5-3-6-13-20/h3-17H,1-2H3/b19-17+,24-23-. The summed E-state index contributed by atoms with van der Waals surface area (Å²) in [6, 6.07) is 29.1. The Morgan fingerprint density at radius 1 is 0.769 bits per heavy atom. The first kappa shape index (κ1) is 18.6. The molecule has 3 aromatic carbocycles. The fourth-order valence-electron chi connectivity index (χ4n) is 2.30. The molecule has 0 radical (unpaired) electrons. The minimum atomic E-state index is 1.02. The summed E-state index contributed by atoms with van der Waals surface area (Å²) >= 11 is 3.43. The van der Waals surface area contributed by atoms with Gasteiger partial charge in [0.2, 0.25) is 0 Å². The number of para-hydroxylation sites is 1. The average molecular weight is 376 g/mol. The Labute approximate surface area is 164 Å². The molecule has 0 aliphatic rings. The zero-order valence-corrected chi connectivity index (χ0v) is 16.6. The molecule has 1 nitrogen and oxygen atoms in total. The van der Waals surface area contributed by atoms with Crippen molar-refractivity contribution in [3.8, 4) is 0 Å². The molecule has 0 fully saturated rings. The molecule has 26 heavy (non-hydrogen) atoms. The molecule has 0 saturated carbocycles. The molecule has 0 spiro atoms. The van der Waals surface area contributed by atoms with Gasteiger partial charge in [0.05, 0.1) is 5.69 Å². The van der Waals surface area contributed by atoms with Crippen molar-refractivity contribution in [2.75, 3.05) is 0 Å². The van der Waals surface area contributed by atoms with Gasteiger partial charge in [-0.05, 0) is 60.7 Å². The van der Waals surface area contributed by atoms with Crippen LogP contribution in [0.1, 0.15) is 12.5 Å². The Bertz CT molecular complexity index is 900. The Balaban J connectivity index is 1.90. The highest BCUT2D eigenvalue weighted by molar-refractivity contribution is 8.14. The van der Waals surface area contributed by atoms with E-state index in [0.29, 0.717) is 0 Å². The van der Waals surface area contributed by atoms with Crippen LogP contribution in [0, 0.1) is 6.92 Å². The maximum absolute atomic E-state index is 4.96. The van der Waals surface area contributed by atoms with Crippen molar-refractivity contribution in [1.82, 2.24) is 0 Å². The van der Waals surface area contributed by atoms with E-state index < -0.39 is 0 Å². The Hall–Kier alpha value is -2.23. The van der Waals surface area contributed by atoms with Gasteiger partial charge in [-0.15, -0.1) is 0 Å². The quantitative estimate of drug-likeness (QED) is 0.260. The summed E-state index contributed by atoms with van der Waals surface area (Å²) in [6.45, 7) is 4.23. The second kappa shape index (κ2) is 9.46. The van der Waals surface area contributed by atoms with Gasteiger partial charge < -0.3 is 0 Å². The SMILES string of the molecule is CC(=C\Sc1ccccc1)/C(=N/c1ccccc1C)Sc1ccccc1. The van der Waals surface area contributed by atoms with E-state index in [1.807, 2.05) is 24.3 Å². The van der Waals surface area contributed by atoms with Crippen molar-refractivity contribution in [2.24, 2.45) is 4.99 Å². The lowest BCUT2D eigenvalue weighted by Gasteiger charge is -2.09. The zero-order valence-electron chi connectivity index (χ0n) is 14.9. The highest BCUT2D eigenvalue weighted by Crippen LogP contribution is 2.30. The molecule has 3 aromatic rings. The largest absolute Gasteiger partial charge is 0.241 e. The lowest BCUT2D eigenvalue weighted by atomic mass is 10.2. The third kappa shape index (κ3) is 5.38. The number of benzene rings is 3. The monoisotopic (exact) mass is 375 g/mol. The number of nitrogens with zero attached hydrogens (tertiary/aromatic N) is 1. The molecular weight excluding hydrogens is 354 g/mol. The van der Waals surface area contributed by atoms with Crippen molar-refractivity contribution in [3.63, 3.8) is 0 Å². The van der Waals surface area contributed by atoms with Gasteiger partial charge >= 0.3 is 0 Å². The normalized spacial score (nSPS) is 12.2. The van der Waals surface area contributed by atoms with Crippen LogP contribution < -0.4 is 0 Å². The van der Waals surface area contributed by atoms with Gasteiger partial charge in [-0.3, -0.25) is 0 Å². The molecule has 0 aliphatic heterocycles. The third-order valence-corrected chi connectivity index (χ3v) is 5.88. The maximum Gasteiger partial charge on any atom is 0.105 e. The number of thioether (sulfide) groups is 2. The van der Waals surface area contributed by atoms with Gasteiger partial charge in [-0.2, -0.15) is 0 Å². The van der Waals surface area contributed by atoms with Gasteiger partial charge in [0, 0.05) is 9.79 Å². The van der Waals surface area contributed by atoms with E-state index in [1.54, 1.807) is 23.5 Å². The van der Waals surface area contributed by atoms with Crippen molar-refractivity contribution >= 4 is 34.3 Å². The topological polar surface area (TPSA) is 12.4 Å². The molecule has 0 amide bonds. The van der Waals surface area contributed by atoms with Gasteiger partial charge in [-0.1, -0.05) is 78.1 Å². The smallest absolute Gasteiger partial charge is 0.105 e. The van der Waals surface area contributed by atoms with Crippen molar-refractivity contribution in [2.45, 2.75) is 23.6 Å². The van der Waals surface area contributed by atoms with Crippen LogP contribution in [0.5, 0.6) is 0 Å². The van der Waals surface area contributed by atoms with E-state index in [4.69, 9.17) is 4.99 Å². The molecule has 3 rings (SSSR count). The predicted molar refractivity (Wildman–Crippen MR) is 117 cm³/mol. The number of hydrogen-bond donors (Lipinski definition) is 0. The fraction of sp³-hybridized carbons (Fsp3) is 0.0870. The highest BCUT2D eigenvalue weighted by atomic mass is 32.2. The second-order valence-electron chi connectivity index (χ2n) is 5.85. The number of aliphatic imine (C=N–C) groups is 1. The van der Waals surface area contributed by atoms with E-state index in [0.717, 1.165) is 16.3 Å². The molecule has 0 heterocycles. The summed E-state index contributed by atoms with van der Waals surface area (Å²) in [5.41, 5.74) is 3.36. The van der Waals surface area contributed by atoms with Crippen LogP contribution in [-0.4, -0.2) is 5.04 Å². The van der Waals surface area contributed by atoms with Crippen LogP contribution in [0.4, 0.5) is 5.69 Å². The Morgan fingerprint density at radius 2 is 1.35 bits per heavy atom. The van der Waals surface area contributed by atoms with Gasteiger partial charge in [0.25, 0.3) is 0 Å². The lowest BCUT2D eigenvalue weighted by Crippen LogP contribution is -1.94. The summed E-state index contributed by atoms with van der Waals surface area (Å²) < 4.78 is 0. The number of hydrogen-bond acceptors (Lipinski definition) is 3. The minimum absolute atomic E-state index is 1.02. The number of aryl methyl sites for hydroxylation is 1. The molecule has 130 valence electrons. The molecule has 0 N–H and O–H groups in total. The molecule has 0 saturated heterocycles. The first-order valence-corrected chi connectivity index (χ1v) is 10.2. The van der Waals surface area contributed by atoms with Crippen molar-refractivity contribution in [1.29, 1.82) is 0 Å². The van der Waals surface area contributed by atoms with Crippen LogP contribution in [0.2, 0.25) is 0 Å². The molecule has 0 aliphatic carbocycles.